The van der Waals surface area contributed by atoms with Gasteiger partial charge >= 0.3 is 0 Å². The Morgan fingerprint density at radius 2 is 1.67 bits per heavy atom. The van der Waals surface area contributed by atoms with Crippen LogP contribution in [0.2, 0.25) is 5.02 Å². The molecule has 166 valence electrons. The average molecular weight is 460 g/mol. The fourth-order valence-electron chi connectivity index (χ4n) is 2.95. The van der Waals surface area contributed by atoms with Crippen LogP contribution in [0.5, 0.6) is 5.75 Å². The molecule has 3 aromatic carbocycles. The number of para-hydroxylation sites is 1. The number of carbonyl (C=O) groups excluding carboxylic acids is 2. The van der Waals surface area contributed by atoms with Crippen LogP contribution in [0.1, 0.15) is 16.7 Å². The molecule has 3 aromatic rings. The number of amides is 2. The number of nitrogens with zero attached hydrogens (tertiary/aromatic N) is 1. The Hall–Kier alpha value is -4.08. The van der Waals surface area contributed by atoms with Crippen molar-refractivity contribution in [3.63, 3.8) is 0 Å². The van der Waals surface area contributed by atoms with Crippen LogP contribution in [0.15, 0.2) is 72.3 Å². The lowest BCUT2D eigenvalue weighted by atomic mass is 10.1. The third kappa shape index (κ3) is 6.45. The first-order valence-corrected chi connectivity index (χ1v) is 10.5. The van der Waals surface area contributed by atoms with Crippen molar-refractivity contribution in [3.8, 4) is 11.8 Å². The van der Waals surface area contributed by atoms with Gasteiger partial charge in [-0.05, 0) is 66.9 Å². The second-order valence-electron chi connectivity index (χ2n) is 7.26. The molecule has 0 aliphatic carbocycles. The van der Waals surface area contributed by atoms with Gasteiger partial charge in [-0.25, -0.2) is 0 Å². The molecular formula is C26H22ClN3O3. The number of ether oxygens (including phenoxy) is 1. The van der Waals surface area contributed by atoms with Gasteiger partial charge in [0.1, 0.15) is 17.4 Å². The predicted molar refractivity (Wildman–Crippen MR) is 130 cm³/mol. The van der Waals surface area contributed by atoms with Crippen LogP contribution in [0.25, 0.3) is 6.08 Å². The summed E-state index contributed by atoms with van der Waals surface area (Å²) in [6.45, 7) is 3.78. The Morgan fingerprint density at radius 1 is 0.970 bits per heavy atom. The van der Waals surface area contributed by atoms with E-state index in [-0.39, 0.29) is 18.1 Å². The van der Waals surface area contributed by atoms with Gasteiger partial charge in [-0.2, -0.15) is 5.26 Å². The summed E-state index contributed by atoms with van der Waals surface area (Å²) in [6.07, 6.45) is 1.46. The highest BCUT2D eigenvalue weighted by molar-refractivity contribution is 6.34. The van der Waals surface area contributed by atoms with E-state index in [4.69, 9.17) is 16.3 Å². The maximum absolute atomic E-state index is 12.4. The molecule has 0 aliphatic rings. The molecular weight excluding hydrogens is 438 g/mol. The lowest BCUT2D eigenvalue weighted by Gasteiger charge is -2.11. The lowest BCUT2D eigenvalue weighted by molar-refractivity contribution is -0.118. The predicted octanol–water partition coefficient (Wildman–Crippen LogP) is 5.52. The van der Waals surface area contributed by atoms with Gasteiger partial charge in [-0.3, -0.25) is 9.59 Å². The molecule has 2 amide bonds. The van der Waals surface area contributed by atoms with Gasteiger partial charge in [0.2, 0.25) is 0 Å². The Kier molecular flexibility index (Phi) is 7.85. The molecule has 0 saturated carbocycles. The summed E-state index contributed by atoms with van der Waals surface area (Å²) in [6, 6.07) is 21.1. The first-order chi connectivity index (χ1) is 15.9. The van der Waals surface area contributed by atoms with Crippen molar-refractivity contribution in [2.75, 3.05) is 17.2 Å². The molecule has 6 nitrogen and oxygen atoms in total. The molecule has 33 heavy (non-hydrogen) atoms. The quantitative estimate of drug-likeness (QED) is 0.359. The summed E-state index contributed by atoms with van der Waals surface area (Å²) in [5.74, 6) is -0.341. The van der Waals surface area contributed by atoms with Gasteiger partial charge in [-0.1, -0.05) is 48.0 Å². The van der Waals surface area contributed by atoms with Crippen molar-refractivity contribution < 1.29 is 14.3 Å². The molecule has 0 bridgehead atoms. The zero-order chi connectivity index (χ0) is 23.8. The summed E-state index contributed by atoms with van der Waals surface area (Å²) in [4.78, 5) is 24.6. The topological polar surface area (TPSA) is 91.2 Å². The smallest absolute Gasteiger partial charge is 0.266 e. The van der Waals surface area contributed by atoms with E-state index in [0.717, 1.165) is 16.8 Å². The van der Waals surface area contributed by atoms with E-state index in [9.17, 15) is 14.9 Å². The minimum atomic E-state index is -0.561. The lowest BCUT2D eigenvalue weighted by Crippen LogP contribution is -2.20. The molecule has 0 fully saturated rings. The summed E-state index contributed by atoms with van der Waals surface area (Å²) in [5, 5.41) is 15.2. The van der Waals surface area contributed by atoms with E-state index in [1.807, 2.05) is 38.1 Å². The molecule has 0 radical (unpaired) electrons. The van der Waals surface area contributed by atoms with E-state index in [1.54, 1.807) is 48.5 Å². The second kappa shape index (κ2) is 11.0. The number of carbonyl (C=O) groups is 2. The van der Waals surface area contributed by atoms with E-state index in [2.05, 4.69) is 10.6 Å². The highest BCUT2D eigenvalue weighted by Gasteiger charge is 2.11. The van der Waals surface area contributed by atoms with Crippen LogP contribution in [-0.4, -0.2) is 18.4 Å². The number of hydrogen-bond acceptors (Lipinski definition) is 4. The van der Waals surface area contributed by atoms with Crippen LogP contribution < -0.4 is 15.4 Å². The molecule has 0 aromatic heterocycles. The Morgan fingerprint density at radius 3 is 2.36 bits per heavy atom. The Bertz CT molecular complexity index is 1240. The van der Waals surface area contributed by atoms with Crippen LogP contribution in [0.3, 0.4) is 0 Å². The highest BCUT2D eigenvalue weighted by atomic mass is 35.5. The van der Waals surface area contributed by atoms with Gasteiger partial charge in [0.05, 0.1) is 10.7 Å². The van der Waals surface area contributed by atoms with Crippen molar-refractivity contribution in [2.24, 2.45) is 0 Å². The van der Waals surface area contributed by atoms with E-state index in [1.165, 1.54) is 6.08 Å². The fraction of sp³-hybridized carbons (Fsp3) is 0.115. The summed E-state index contributed by atoms with van der Waals surface area (Å²) >= 11 is 6.05. The molecule has 7 heteroatoms. The van der Waals surface area contributed by atoms with Crippen molar-refractivity contribution in [1.82, 2.24) is 0 Å². The van der Waals surface area contributed by atoms with E-state index in [0.29, 0.717) is 22.0 Å². The number of aryl methyl sites for hydroxylation is 1. The molecule has 0 spiro atoms. The van der Waals surface area contributed by atoms with Crippen molar-refractivity contribution in [1.29, 1.82) is 5.26 Å². The zero-order valence-electron chi connectivity index (χ0n) is 18.2. The first-order valence-electron chi connectivity index (χ1n) is 10.1. The molecule has 0 atom stereocenters. The zero-order valence-corrected chi connectivity index (χ0v) is 18.9. The molecule has 0 saturated heterocycles. The normalized spacial score (nSPS) is 10.8. The maximum Gasteiger partial charge on any atom is 0.266 e. The van der Waals surface area contributed by atoms with Crippen LogP contribution in [0, 0.1) is 25.2 Å². The van der Waals surface area contributed by atoms with Crippen LogP contribution in [0.4, 0.5) is 11.4 Å². The summed E-state index contributed by atoms with van der Waals surface area (Å²) < 4.78 is 5.54. The number of hydrogen-bond donors (Lipinski definition) is 2. The largest absolute Gasteiger partial charge is 0.484 e. The Balaban J connectivity index is 1.59. The van der Waals surface area contributed by atoms with Crippen LogP contribution in [-0.2, 0) is 9.59 Å². The van der Waals surface area contributed by atoms with E-state index < -0.39 is 5.91 Å². The van der Waals surface area contributed by atoms with Crippen molar-refractivity contribution >= 4 is 40.9 Å². The standard InChI is InChI=1S/C26H22ClN3O3/c1-17-6-5-9-23(18(17)2)29-25(31)16-33-21-12-10-19(11-13-21)14-20(15-28)26(32)30-24-8-4-3-7-22(24)27/h3-14H,16H2,1-2H3,(H,29,31)(H,30,32)/b20-14+. The number of anilines is 2. The van der Waals surface area contributed by atoms with E-state index >= 15 is 0 Å². The maximum atomic E-state index is 12.4. The molecule has 0 aliphatic heterocycles. The first kappa shape index (κ1) is 23.6. The fourth-order valence-corrected chi connectivity index (χ4v) is 3.13. The van der Waals surface area contributed by atoms with Crippen molar-refractivity contribution in [2.45, 2.75) is 13.8 Å². The molecule has 2 N–H and O–H groups in total. The average Bonchev–Trinajstić information content (AvgIpc) is 2.81. The summed E-state index contributed by atoms with van der Waals surface area (Å²) in [5.41, 5.74) is 3.84. The van der Waals surface area contributed by atoms with Gasteiger partial charge in [0, 0.05) is 5.69 Å². The molecule has 0 unspecified atom stereocenters. The number of halogens is 1. The summed E-state index contributed by atoms with van der Waals surface area (Å²) in [7, 11) is 0. The molecule has 3 rings (SSSR count). The number of nitrogens with one attached hydrogen (secondary N) is 2. The van der Waals surface area contributed by atoms with Gasteiger partial charge in [-0.15, -0.1) is 0 Å². The van der Waals surface area contributed by atoms with Gasteiger partial charge < -0.3 is 15.4 Å². The van der Waals surface area contributed by atoms with Gasteiger partial charge in [0.15, 0.2) is 6.61 Å². The highest BCUT2D eigenvalue weighted by Crippen LogP contribution is 2.22. The number of nitriles is 1. The minimum Gasteiger partial charge on any atom is -0.484 e. The third-order valence-electron chi connectivity index (χ3n) is 4.93. The van der Waals surface area contributed by atoms with Gasteiger partial charge in [0.25, 0.3) is 11.8 Å². The van der Waals surface area contributed by atoms with Crippen molar-refractivity contribution in [3.05, 3.63) is 94.0 Å². The SMILES string of the molecule is Cc1cccc(NC(=O)COc2ccc(/C=C(\C#N)C(=O)Nc3ccccc3Cl)cc2)c1C. The Labute approximate surface area is 197 Å². The second-order valence-corrected chi connectivity index (χ2v) is 7.66. The molecule has 0 heterocycles. The number of benzene rings is 3. The van der Waals surface area contributed by atoms with Crippen LogP contribution >= 0.6 is 11.6 Å². The number of rotatable bonds is 7. The minimum absolute atomic E-state index is 0.0727. The monoisotopic (exact) mass is 459 g/mol. The third-order valence-corrected chi connectivity index (χ3v) is 5.26.